The maximum absolute atomic E-state index is 10.4. The van der Waals surface area contributed by atoms with Gasteiger partial charge in [-0.2, -0.15) is 0 Å². The zero-order valence-electron chi connectivity index (χ0n) is 18.6. The Labute approximate surface area is 158 Å². The molecule has 0 aromatic carbocycles. The van der Waals surface area contributed by atoms with Crippen LogP contribution in [-0.2, 0) is 0 Å². The molecule has 0 fully saturated rings. The molecule has 0 aliphatic rings. The Morgan fingerprint density at radius 1 is 0.920 bits per heavy atom. The minimum Gasteiger partial charge on any atom is -0.854 e. The lowest BCUT2D eigenvalue weighted by atomic mass is 10.0. The summed E-state index contributed by atoms with van der Waals surface area (Å²) in [5.41, 5.74) is 0. The van der Waals surface area contributed by atoms with Gasteiger partial charge < -0.3 is 10.0 Å². The Morgan fingerprint density at radius 3 is 1.72 bits per heavy atom. The molecule has 152 valence electrons. The second-order valence-electron chi connectivity index (χ2n) is 6.62. The van der Waals surface area contributed by atoms with Crippen molar-refractivity contribution >= 4 is 5.96 Å². The molecule has 0 bridgehead atoms. The molecule has 0 saturated heterocycles. The summed E-state index contributed by atoms with van der Waals surface area (Å²) in [6.07, 6.45) is 4.64. The summed E-state index contributed by atoms with van der Waals surface area (Å²) in [7, 11) is 0. The summed E-state index contributed by atoms with van der Waals surface area (Å²) in [5.74, 6) is 1.73. The predicted molar refractivity (Wildman–Crippen MR) is 111 cm³/mol. The van der Waals surface area contributed by atoms with Crippen LogP contribution in [0.3, 0.4) is 0 Å². The highest BCUT2D eigenvalue weighted by atomic mass is 16.3. The Balaban J connectivity index is 0. The van der Waals surface area contributed by atoms with E-state index in [0.29, 0.717) is 5.92 Å². The largest absolute Gasteiger partial charge is 0.854 e. The normalized spacial score (nSPS) is 13.2. The SMILES string of the molecule is CCCCC(CC)C[O-].CCN=C(N(CC)CC)[N+](CC)(CC)CC. The van der Waals surface area contributed by atoms with E-state index >= 15 is 0 Å². The topological polar surface area (TPSA) is 38.7 Å². The lowest BCUT2D eigenvalue weighted by Gasteiger charge is -2.39. The number of aliphatic imine (C=N–C) groups is 1. The fourth-order valence-corrected chi connectivity index (χ4v) is 3.19. The molecule has 0 aromatic heterocycles. The summed E-state index contributed by atoms with van der Waals surface area (Å²) in [5, 5.41) is 10.4. The van der Waals surface area contributed by atoms with Crippen LogP contribution in [0, 0.1) is 5.92 Å². The van der Waals surface area contributed by atoms with Crippen LogP contribution in [0.15, 0.2) is 4.99 Å². The number of hydrogen-bond donors (Lipinski definition) is 0. The molecule has 25 heavy (non-hydrogen) atoms. The van der Waals surface area contributed by atoms with Crippen LogP contribution in [0.1, 0.15) is 81.1 Å². The highest BCUT2D eigenvalue weighted by molar-refractivity contribution is 5.73. The molecule has 1 unspecified atom stereocenters. The van der Waals surface area contributed by atoms with Gasteiger partial charge in [0.25, 0.3) is 5.96 Å². The van der Waals surface area contributed by atoms with Gasteiger partial charge in [-0.3, -0.25) is 4.48 Å². The molecule has 0 radical (unpaired) electrons. The molecule has 4 heteroatoms. The fourth-order valence-electron chi connectivity index (χ4n) is 3.19. The van der Waals surface area contributed by atoms with Crippen LogP contribution >= 0.6 is 0 Å². The first-order valence-corrected chi connectivity index (χ1v) is 10.7. The summed E-state index contributed by atoms with van der Waals surface area (Å²) in [6.45, 7) is 24.1. The van der Waals surface area contributed by atoms with E-state index < -0.39 is 0 Å². The minimum atomic E-state index is 0.122. The average Bonchev–Trinajstić information content (AvgIpc) is 2.66. The zero-order chi connectivity index (χ0) is 19.7. The van der Waals surface area contributed by atoms with E-state index in [0.717, 1.165) is 56.6 Å². The summed E-state index contributed by atoms with van der Waals surface area (Å²) in [6, 6.07) is 0. The van der Waals surface area contributed by atoms with Crippen molar-refractivity contribution in [2.45, 2.75) is 81.1 Å². The van der Waals surface area contributed by atoms with Gasteiger partial charge in [-0.05, 0) is 41.5 Å². The third-order valence-electron chi connectivity index (χ3n) is 5.37. The monoisotopic (exact) mass is 357 g/mol. The van der Waals surface area contributed by atoms with Crippen molar-refractivity contribution in [1.29, 1.82) is 0 Å². The summed E-state index contributed by atoms with van der Waals surface area (Å²) in [4.78, 5) is 7.17. The quantitative estimate of drug-likeness (QED) is 0.317. The van der Waals surface area contributed by atoms with Crippen LogP contribution in [0.4, 0.5) is 0 Å². The van der Waals surface area contributed by atoms with Crippen molar-refractivity contribution in [2.24, 2.45) is 10.9 Å². The van der Waals surface area contributed by atoms with Crippen LogP contribution < -0.4 is 5.11 Å². The zero-order valence-corrected chi connectivity index (χ0v) is 18.6. The molecule has 0 N–H and O–H groups in total. The fraction of sp³-hybridized carbons (Fsp3) is 0.952. The molecular formula is C21H47N3O. The summed E-state index contributed by atoms with van der Waals surface area (Å²) < 4.78 is 1.01. The number of hydrogen-bond acceptors (Lipinski definition) is 2. The van der Waals surface area contributed by atoms with Crippen LogP contribution in [0.2, 0.25) is 0 Å². The van der Waals surface area contributed by atoms with Crippen molar-refractivity contribution in [3.63, 3.8) is 0 Å². The molecule has 0 aromatic rings. The lowest BCUT2D eigenvalue weighted by Crippen LogP contribution is -2.59. The number of guanidine groups is 1. The van der Waals surface area contributed by atoms with Gasteiger partial charge in [0.15, 0.2) is 0 Å². The van der Waals surface area contributed by atoms with Crippen molar-refractivity contribution < 1.29 is 9.59 Å². The summed E-state index contributed by atoms with van der Waals surface area (Å²) >= 11 is 0. The third kappa shape index (κ3) is 9.60. The maximum atomic E-state index is 10.4. The van der Waals surface area contributed by atoms with Crippen LogP contribution in [0.5, 0.6) is 0 Å². The second-order valence-corrected chi connectivity index (χ2v) is 6.62. The maximum Gasteiger partial charge on any atom is 0.300 e. The van der Waals surface area contributed by atoms with Gasteiger partial charge in [0.2, 0.25) is 0 Å². The van der Waals surface area contributed by atoms with Crippen molar-refractivity contribution in [1.82, 2.24) is 4.90 Å². The molecular weight excluding hydrogens is 310 g/mol. The molecule has 0 amide bonds. The van der Waals surface area contributed by atoms with E-state index in [4.69, 9.17) is 4.99 Å². The van der Waals surface area contributed by atoms with E-state index in [9.17, 15) is 5.11 Å². The molecule has 1 atom stereocenters. The van der Waals surface area contributed by atoms with E-state index in [1.807, 2.05) is 0 Å². The van der Waals surface area contributed by atoms with E-state index in [-0.39, 0.29) is 6.61 Å². The van der Waals surface area contributed by atoms with Gasteiger partial charge in [-0.25, -0.2) is 4.99 Å². The van der Waals surface area contributed by atoms with E-state index in [2.05, 4.69) is 60.3 Å². The first-order chi connectivity index (χ1) is 12.0. The number of rotatable bonds is 11. The van der Waals surface area contributed by atoms with Gasteiger partial charge in [-0.1, -0.05) is 45.4 Å². The van der Waals surface area contributed by atoms with E-state index in [1.165, 1.54) is 18.8 Å². The highest BCUT2D eigenvalue weighted by Crippen LogP contribution is 2.12. The molecule has 4 nitrogen and oxygen atoms in total. The van der Waals surface area contributed by atoms with Crippen molar-refractivity contribution in [3.05, 3.63) is 0 Å². The van der Waals surface area contributed by atoms with Crippen molar-refractivity contribution in [2.75, 3.05) is 45.9 Å². The molecule has 0 aliphatic heterocycles. The molecule has 0 aliphatic carbocycles. The van der Waals surface area contributed by atoms with E-state index in [1.54, 1.807) is 0 Å². The highest BCUT2D eigenvalue weighted by Gasteiger charge is 2.32. The van der Waals surface area contributed by atoms with Gasteiger partial charge in [-0.15, -0.1) is 6.61 Å². The van der Waals surface area contributed by atoms with Gasteiger partial charge >= 0.3 is 0 Å². The van der Waals surface area contributed by atoms with Gasteiger partial charge in [0, 0.05) is 19.6 Å². The van der Waals surface area contributed by atoms with Crippen LogP contribution in [0.25, 0.3) is 0 Å². The minimum absolute atomic E-state index is 0.122. The predicted octanol–water partition coefficient (Wildman–Crippen LogP) is 4.14. The van der Waals surface area contributed by atoms with Crippen LogP contribution in [-0.4, -0.2) is 61.2 Å². The Hall–Kier alpha value is -0.610. The molecule has 0 heterocycles. The first-order valence-electron chi connectivity index (χ1n) is 10.7. The number of quaternary nitrogens is 1. The Kier molecular flexibility index (Phi) is 17.9. The molecule has 0 spiro atoms. The lowest BCUT2D eigenvalue weighted by molar-refractivity contribution is -0.841. The molecule has 0 rings (SSSR count). The number of nitrogens with zero attached hydrogens (tertiary/aromatic N) is 3. The Morgan fingerprint density at radius 2 is 1.44 bits per heavy atom. The second kappa shape index (κ2) is 16.8. The standard InChI is InChI=1S/C13H30N3.C8H17O/c1-7-14-13(15(8-2)9-3)16(10-4,11-5)12-6;1-3-5-6-8(4-2)7-9/h7-12H2,1-6H3;8H,3-7H2,1-2H3/q+1;-1. The smallest absolute Gasteiger partial charge is 0.300 e. The first kappa shape index (κ1) is 26.6. The number of unbranched alkanes of at least 4 members (excludes halogenated alkanes) is 1. The molecule has 0 saturated carbocycles. The van der Waals surface area contributed by atoms with Gasteiger partial charge in [0.1, 0.15) is 0 Å². The average molecular weight is 358 g/mol. The van der Waals surface area contributed by atoms with Gasteiger partial charge in [0.05, 0.1) is 19.6 Å². The Bertz CT molecular complexity index is 298. The van der Waals surface area contributed by atoms with Crippen molar-refractivity contribution in [3.8, 4) is 0 Å². The third-order valence-corrected chi connectivity index (χ3v) is 5.37.